The smallest absolute Gasteiger partial charge is 0.410 e. The van der Waals surface area contributed by atoms with E-state index in [0.29, 0.717) is 5.75 Å². The molecule has 1 aromatic rings. The topological polar surface area (TPSA) is 41.6 Å². The molecule has 1 rings (SSSR count). The minimum Gasteiger partial charge on any atom is -0.410 e. The van der Waals surface area contributed by atoms with E-state index in [1.807, 2.05) is 32.2 Å². The van der Waals surface area contributed by atoms with Gasteiger partial charge in [0.2, 0.25) is 0 Å². The van der Waals surface area contributed by atoms with E-state index in [4.69, 9.17) is 4.74 Å². The summed E-state index contributed by atoms with van der Waals surface area (Å²) in [6.45, 7) is 2.05. The number of hydrogen-bond acceptors (Lipinski definition) is 3. The van der Waals surface area contributed by atoms with Crippen molar-refractivity contribution in [2.45, 2.75) is 13.0 Å². The summed E-state index contributed by atoms with van der Waals surface area (Å²) >= 11 is 0. The fourth-order valence-corrected chi connectivity index (χ4v) is 1.21. The van der Waals surface area contributed by atoms with E-state index in [-0.39, 0.29) is 12.1 Å². The maximum absolute atomic E-state index is 11.4. The number of rotatable bonds is 3. The van der Waals surface area contributed by atoms with Crippen LogP contribution in [-0.4, -0.2) is 32.1 Å². The summed E-state index contributed by atoms with van der Waals surface area (Å²) in [4.78, 5) is 12.7. The summed E-state index contributed by atoms with van der Waals surface area (Å²) in [7, 11) is 5.20. The SMILES string of the molecule is CNC(C)c1cccc(OC(=O)N(C)C)c1. The molecule has 0 fully saturated rings. The second-order valence-corrected chi connectivity index (χ2v) is 3.85. The molecule has 1 amide bonds. The number of nitrogens with one attached hydrogen (secondary N) is 1. The number of carbonyl (C=O) groups is 1. The number of nitrogens with zero attached hydrogens (tertiary/aromatic N) is 1. The van der Waals surface area contributed by atoms with Gasteiger partial charge in [0, 0.05) is 20.1 Å². The molecule has 0 aliphatic heterocycles. The Morgan fingerprint density at radius 3 is 2.69 bits per heavy atom. The van der Waals surface area contributed by atoms with Crippen LogP contribution in [0.3, 0.4) is 0 Å². The van der Waals surface area contributed by atoms with E-state index in [9.17, 15) is 4.79 Å². The predicted octanol–water partition coefficient (Wildman–Crippen LogP) is 2.03. The monoisotopic (exact) mass is 222 g/mol. The Labute approximate surface area is 96.2 Å². The van der Waals surface area contributed by atoms with Crippen molar-refractivity contribution in [2.24, 2.45) is 0 Å². The van der Waals surface area contributed by atoms with Gasteiger partial charge >= 0.3 is 6.09 Å². The Morgan fingerprint density at radius 2 is 2.12 bits per heavy atom. The predicted molar refractivity (Wildman–Crippen MR) is 63.6 cm³/mol. The molecule has 0 radical (unpaired) electrons. The number of benzene rings is 1. The highest BCUT2D eigenvalue weighted by Crippen LogP contribution is 2.19. The third-order valence-corrected chi connectivity index (χ3v) is 2.36. The summed E-state index contributed by atoms with van der Waals surface area (Å²) in [6, 6.07) is 7.74. The van der Waals surface area contributed by atoms with Gasteiger partial charge in [0.25, 0.3) is 0 Å². The minimum absolute atomic E-state index is 0.234. The van der Waals surface area contributed by atoms with E-state index in [2.05, 4.69) is 5.32 Å². The van der Waals surface area contributed by atoms with Crippen LogP contribution in [0.2, 0.25) is 0 Å². The van der Waals surface area contributed by atoms with E-state index in [1.54, 1.807) is 20.2 Å². The minimum atomic E-state index is -0.366. The van der Waals surface area contributed by atoms with Crippen molar-refractivity contribution in [1.29, 1.82) is 0 Å². The molecule has 0 spiro atoms. The van der Waals surface area contributed by atoms with E-state index in [1.165, 1.54) is 4.90 Å². The van der Waals surface area contributed by atoms with Crippen molar-refractivity contribution in [3.05, 3.63) is 29.8 Å². The van der Waals surface area contributed by atoms with Crippen molar-refractivity contribution in [3.63, 3.8) is 0 Å². The summed E-state index contributed by atoms with van der Waals surface area (Å²) in [5.74, 6) is 0.568. The highest BCUT2D eigenvalue weighted by atomic mass is 16.6. The van der Waals surface area contributed by atoms with Crippen molar-refractivity contribution >= 4 is 6.09 Å². The first-order valence-corrected chi connectivity index (χ1v) is 5.21. The molecule has 0 aromatic heterocycles. The fourth-order valence-electron chi connectivity index (χ4n) is 1.21. The third kappa shape index (κ3) is 3.24. The molecular weight excluding hydrogens is 204 g/mol. The largest absolute Gasteiger partial charge is 0.414 e. The van der Waals surface area contributed by atoms with Gasteiger partial charge in [-0.1, -0.05) is 12.1 Å². The molecule has 0 heterocycles. The Balaban J connectivity index is 2.78. The van der Waals surface area contributed by atoms with Gasteiger partial charge in [0.15, 0.2) is 0 Å². The Morgan fingerprint density at radius 1 is 1.44 bits per heavy atom. The fraction of sp³-hybridized carbons (Fsp3) is 0.417. The quantitative estimate of drug-likeness (QED) is 0.850. The second-order valence-electron chi connectivity index (χ2n) is 3.85. The lowest BCUT2D eigenvalue weighted by Crippen LogP contribution is -2.25. The van der Waals surface area contributed by atoms with Crippen LogP contribution >= 0.6 is 0 Å². The van der Waals surface area contributed by atoms with Crippen LogP contribution in [0, 0.1) is 0 Å². The van der Waals surface area contributed by atoms with Crippen LogP contribution < -0.4 is 10.1 Å². The van der Waals surface area contributed by atoms with Gasteiger partial charge in [-0.05, 0) is 31.7 Å². The molecule has 1 N–H and O–H groups in total. The molecule has 0 aliphatic rings. The van der Waals surface area contributed by atoms with Crippen molar-refractivity contribution in [1.82, 2.24) is 10.2 Å². The summed E-state index contributed by atoms with van der Waals surface area (Å²) in [6.07, 6.45) is -0.366. The molecule has 88 valence electrons. The molecule has 0 bridgehead atoms. The second kappa shape index (κ2) is 5.51. The van der Waals surface area contributed by atoms with Gasteiger partial charge in [-0.2, -0.15) is 0 Å². The lowest BCUT2D eigenvalue weighted by Gasteiger charge is -2.14. The van der Waals surface area contributed by atoms with Crippen molar-refractivity contribution in [2.75, 3.05) is 21.1 Å². The van der Waals surface area contributed by atoms with E-state index in [0.717, 1.165) is 5.56 Å². The first kappa shape index (κ1) is 12.5. The van der Waals surface area contributed by atoms with Crippen LogP contribution in [-0.2, 0) is 0 Å². The number of carbonyl (C=O) groups excluding carboxylic acids is 1. The molecule has 0 saturated carbocycles. The number of amides is 1. The van der Waals surface area contributed by atoms with Gasteiger partial charge in [-0.3, -0.25) is 0 Å². The molecule has 0 aliphatic carbocycles. The van der Waals surface area contributed by atoms with Gasteiger partial charge in [0.05, 0.1) is 0 Å². The molecule has 1 unspecified atom stereocenters. The highest BCUT2D eigenvalue weighted by Gasteiger charge is 2.08. The van der Waals surface area contributed by atoms with Crippen molar-refractivity contribution in [3.8, 4) is 5.75 Å². The number of ether oxygens (including phenoxy) is 1. The average Bonchev–Trinajstić information content (AvgIpc) is 2.28. The zero-order valence-corrected chi connectivity index (χ0v) is 10.2. The maximum Gasteiger partial charge on any atom is 0.414 e. The zero-order chi connectivity index (χ0) is 12.1. The summed E-state index contributed by atoms with van der Waals surface area (Å²) < 4.78 is 5.17. The molecule has 16 heavy (non-hydrogen) atoms. The first-order chi connectivity index (χ1) is 7.54. The van der Waals surface area contributed by atoms with Crippen LogP contribution in [0.15, 0.2) is 24.3 Å². The molecular formula is C12H18N2O2. The van der Waals surface area contributed by atoms with Gasteiger partial charge in [0.1, 0.15) is 5.75 Å². The maximum atomic E-state index is 11.4. The van der Waals surface area contributed by atoms with Crippen LogP contribution in [0.5, 0.6) is 5.75 Å². The van der Waals surface area contributed by atoms with Gasteiger partial charge < -0.3 is 15.0 Å². The Hall–Kier alpha value is -1.55. The molecule has 1 atom stereocenters. The van der Waals surface area contributed by atoms with Crippen LogP contribution in [0.25, 0.3) is 0 Å². The third-order valence-electron chi connectivity index (χ3n) is 2.36. The van der Waals surface area contributed by atoms with Crippen molar-refractivity contribution < 1.29 is 9.53 Å². The van der Waals surface area contributed by atoms with Gasteiger partial charge in [-0.15, -0.1) is 0 Å². The summed E-state index contributed by atoms with van der Waals surface area (Å²) in [5, 5.41) is 3.13. The molecule has 0 saturated heterocycles. The number of hydrogen-bond donors (Lipinski definition) is 1. The molecule has 4 heteroatoms. The standard InChI is InChI=1S/C12H18N2O2/c1-9(13-2)10-6-5-7-11(8-10)16-12(15)14(3)4/h5-9,13H,1-4H3. The molecule has 4 nitrogen and oxygen atoms in total. The molecule has 1 aromatic carbocycles. The van der Waals surface area contributed by atoms with E-state index >= 15 is 0 Å². The lowest BCUT2D eigenvalue weighted by atomic mass is 10.1. The highest BCUT2D eigenvalue weighted by molar-refractivity contribution is 5.70. The van der Waals surface area contributed by atoms with Crippen LogP contribution in [0.1, 0.15) is 18.5 Å². The lowest BCUT2D eigenvalue weighted by molar-refractivity contribution is 0.172. The average molecular weight is 222 g/mol. The normalized spacial score (nSPS) is 12.0. The summed E-state index contributed by atoms with van der Waals surface area (Å²) in [5.41, 5.74) is 1.09. The van der Waals surface area contributed by atoms with Gasteiger partial charge in [-0.25, -0.2) is 4.79 Å². The zero-order valence-electron chi connectivity index (χ0n) is 10.2. The Bertz CT molecular complexity index is 364. The van der Waals surface area contributed by atoms with E-state index < -0.39 is 0 Å². The van der Waals surface area contributed by atoms with Crippen LogP contribution in [0.4, 0.5) is 4.79 Å². The Kier molecular flexibility index (Phi) is 4.31. The first-order valence-electron chi connectivity index (χ1n) is 5.21.